The molecule has 2 rings (SSSR count). The van der Waals surface area contributed by atoms with Crippen molar-refractivity contribution in [1.29, 1.82) is 0 Å². The lowest BCUT2D eigenvalue weighted by molar-refractivity contribution is 0.149. The Bertz CT molecular complexity index is 116. The zero-order valence-corrected chi connectivity index (χ0v) is 6.25. The van der Waals surface area contributed by atoms with Gasteiger partial charge in [-0.3, -0.25) is 0 Å². The maximum absolute atomic E-state index is 5.42. The first-order valence-corrected chi connectivity index (χ1v) is 4.21. The molecule has 58 valence electrons. The molecular formula is C8H15NO. The summed E-state index contributed by atoms with van der Waals surface area (Å²) in [7, 11) is 0. The van der Waals surface area contributed by atoms with Gasteiger partial charge in [-0.2, -0.15) is 0 Å². The van der Waals surface area contributed by atoms with Gasteiger partial charge in [0.1, 0.15) is 0 Å². The van der Waals surface area contributed by atoms with Crippen LogP contribution in [-0.2, 0) is 4.74 Å². The van der Waals surface area contributed by atoms with Crippen LogP contribution in [0.25, 0.3) is 0 Å². The molecule has 1 saturated heterocycles. The molecule has 1 heterocycles. The molecule has 0 amide bonds. The Morgan fingerprint density at radius 1 is 1.30 bits per heavy atom. The van der Waals surface area contributed by atoms with Crippen LogP contribution >= 0.6 is 0 Å². The lowest BCUT2D eigenvalue weighted by Crippen LogP contribution is -2.02. The number of rotatable bonds is 3. The first-order valence-electron chi connectivity index (χ1n) is 4.21. The molecule has 2 heteroatoms. The Labute approximate surface area is 61.7 Å². The molecule has 0 bridgehead atoms. The van der Waals surface area contributed by atoms with Gasteiger partial charge in [0.05, 0.1) is 13.2 Å². The topological polar surface area (TPSA) is 35.2 Å². The predicted octanol–water partition coefficient (Wildman–Crippen LogP) is 0.618. The third kappa shape index (κ3) is 0.956. The minimum absolute atomic E-state index is 0.858. The van der Waals surface area contributed by atoms with Crippen molar-refractivity contribution >= 4 is 0 Å². The summed E-state index contributed by atoms with van der Waals surface area (Å²) in [6, 6.07) is 0. The molecule has 0 spiro atoms. The van der Waals surface area contributed by atoms with E-state index in [0.29, 0.717) is 0 Å². The van der Waals surface area contributed by atoms with Gasteiger partial charge in [0.2, 0.25) is 0 Å². The number of hydrogen-bond acceptors (Lipinski definition) is 2. The smallest absolute Gasteiger partial charge is 0.0500 e. The SMILES string of the molecule is NCCCC1C2COCC12. The van der Waals surface area contributed by atoms with Crippen LogP contribution in [0.15, 0.2) is 0 Å². The van der Waals surface area contributed by atoms with Crippen LogP contribution in [-0.4, -0.2) is 19.8 Å². The summed E-state index contributed by atoms with van der Waals surface area (Å²) >= 11 is 0. The van der Waals surface area contributed by atoms with E-state index in [1.807, 2.05) is 0 Å². The van der Waals surface area contributed by atoms with Gasteiger partial charge in [0.25, 0.3) is 0 Å². The molecule has 2 N–H and O–H groups in total. The molecule has 0 aromatic heterocycles. The van der Waals surface area contributed by atoms with Gasteiger partial charge in [0.15, 0.2) is 0 Å². The highest BCUT2D eigenvalue weighted by atomic mass is 16.5. The molecule has 2 aliphatic rings. The van der Waals surface area contributed by atoms with Gasteiger partial charge in [-0.1, -0.05) is 0 Å². The van der Waals surface area contributed by atoms with Crippen LogP contribution in [0.5, 0.6) is 0 Å². The average molecular weight is 141 g/mol. The van der Waals surface area contributed by atoms with Gasteiger partial charge in [-0.05, 0) is 37.1 Å². The Morgan fingerprint density at radius 3 is 2.60 bits per heavy atom. The molecular weight excluding hydrogens is 126 g/mol. The summed E-state index contributed by atoms with van der Waals surface area (Å²) in [6.07, 6.45) is 2.55. The largest absolute Gasteiger partial charge is 0.381 e. The highest BCUT2D eigenvalue weighted by molar-refractivity contribution is 4.99. The molecule has 1 saturated carbocycles. The molecule has 0 aromatic carbocycles. The summed E-state index contributed by atoms with van der Waals surface area (Å²) in [5.74, 6) is 2.83. The molecule has 0 aromatic rings. The maximum atomic E-state index is 5.42. The second kappa shape index (κ2) is 2.51. The van der Waals surface area contributed by atoms with E-state index in [1.165, 1.54) is 12.8 Å². The van der Waals surface area contributed by atoms with Crippen LogP contribution in [0.3, 0.4) is 0 Å². The van der Waals surface area contributed by atoms with E-state index in [2.05, 4.69) is 0 Å². The van der Waals surface area contributed by atoms with Crippen molar-refractivity contribution in [3.8, 4) is 0 Å². The normalized spacial score (nSPS) is 43.5. The quantitative estimate of drug-likeness (QED) is 0.625. The van der Waals surface area contributed by atoms with Crippen molar-refractivity contribution in [2.24, 2.45) is 23.5 Å². The monoisotopic (exact) mass is 141 g/mol. The molecule has 1 aliphatic carbocycles. The Balaban J connectivity index is 1.69. The fourth-order valence-corrected chi connectivity index (χ4v) is 2.14. The van der Waals surface area contributed by atoms with Crippen molar-refractivity contribution in [3.05, 3.63) is 0 Å². The number of hydrogen-bond donors (Lipinski definition) is 1. The highest BCUT2D eigenvalue weighted by Crippen LogP contribution is 2.52. The van der Waals surface area contributed by atoms with E-state index in [4.69, 9.17) is 10.5 Å². The first kappa shape index (κ1) is 6.62. The molecule has 1 aliphatic heterocycles. The van der Waals surface area contributed by atoms with Gasteiger partial charge >= 0.3 is 0 Å². The van der Waals surface area contributed by atoms with Crippen molar-refractivity contribution < 1.29 is 4.74 Å². The van der Waals surface area contributed by atoms with Crippen molar-refractivity contribution in [1.82, 2.24) is 0 Å². The zero-order chi connectivity index (χ0) is 6.97. The van der Waals surface area contributed by atoms with E-state index in [-0.39, 0.29) is 0 Å². The molecule has 2 unspecified atom stereocenters. The van der Waals surface area contributed by atoms with E-state index in [1.54, 1.807) is 0 Å². The van der Waals surface area contributed by atoms with E-state index in [9.17, 15) is 0 Å². The second-order valence-electron chi connectivity index (χ2n) is 3.46. The summed E-state index contributed by atoms with van der Waals surface area (Å²) in [4.78, 5) is 0. The van der Waals surface area contributed by atoms with Crippen LogP contribution < -0.4 is 5.73 Å². The lowest BCUT2D eigenvalue weighted by Gasteiger charge is -2.01. The van der Waals surface area contributed by atoms with Crippen molar-refractivity contribution in [3.63, 3.8) is 0 Å². The first-order chi connectivity index (χ1) is 4.93. The summed E-state index contributed by atoms with van der Waals surface area (Å²) in [6.45, 7) is 2.91. The maximum Gasteiger partial charge on any atom is 0.0500 e. The van der Waals surface area contributed by atoms with Crippen LogP contribution in [0.4, 0.5) is 0 Å². The number of nitrogens with two attached hydrogens (primary N) is 1. The standard InChI is InChI=1S/C8H15NO/c9-3-1-2-6-7-4-10-5-8(6)7/h6-8H,1-5,9H2. The van der Waals surface area contributed by atoms with Gasteiger partial charge in [-0.25, -0.2) is 0 Å². The van der Waals surface area contributed by atoms with E-state index >= 15 is 0 Å². The molecule has 2 atom stereocenters. The summed E-state index contributed by atoms with van der Waals surface area (Å²) < 4.78 is 5.29. The molecule has 2 fully saturated rings. The Morgan fingerprint density at radius 2 is 2.00 bits per heavy atom. The Kier molecular flexibility index (Phi) is 1.66. The van der Waals surface area contributed by atoms with Gasteiger partial charge < -0.3 is 10.5 Å². The minimum Gasteiger partial charge on any atom is -0.381 e. The van der Waals surface area contributed by atoms with Gasteiger partial charge in [-0.15, -0.1) is 0 Å². The minimum atomic E-state index is 0.858. The summed E-state index contributed by atoms with van der Waals surface area (Å²) in [5, 5.41) is 0. The van der Waals surface area contributed by atoms with Crippen molar-refractivity contribution in [2.45, 2.75) is 12.8 Å². The lowest BCUT2D eigenvalue weighted by atomic mass is 10.2. The predicted molar refractivity (Wildman–Crippen MR) is 39.6 cm³/mol. The number of ether oxygens (including phenoxy) is 1. The van der Waals surface area contributed by atoms with Crippen LogP contribution in [0, 0.1) is 17.8 Å². The van der Waals surface area contributed by atoms with Gasteiger partial charge in [0, 0.05) is 0 Å². The van der Waals surface area contributed by atoms with Crippen molar-refractivity contribution in [2.75, 3.05) is 19.8 Å². The molecule has 0 radical (unpaired) electrons. The fraction of sp³-hybridized carbons (Fsp3) is 1.00. The van der Waals surface area contributed by atoms with Crippen LogP contribution in [0.1, 0.15) is 12.8 Å². The number of fused-ring (bicyclic) bond motifs is 1. The highest BCUT2D eigenvalue weighted by Gasteiger charge is 2.52. The zero-order valence-electron chi connectivity index (χ0n) is 6.25. The second-order valence-corrected chi connectivity index (χ2v) is 3.46. The third-order valence-electron chi connectivity index (χ3n) is 2.87. The average Bonchev–Trinajstić information content (AvgIpc) is 2.46. The van der Waals surface area contributed by atoms with Crippen LogP contribution in [0.2, 0.25) is 0 Å². The van der Waals surface area contributed by atoms with E-state index in [0.717, 1.165) is 37.5 Å². The Hall–Kier alpha value is -0.0800. The molecule has 10 heavy (non-hydrogen) atoms. The van der Waals surface area contributed by atoms with E-state index < -0.39 is 0 Å². The third-order valence-corrected chi connectivity index (χ3v) is 2.87. The molecule has 2 nitrogen and oxygen atoms in total. The fourth-order valence-electron chi connectivity index (χ4n) is 2.14. The summed E-state index contributed by atoms with van der Waals surface area (Å²) in [5.41, 5.74) is 5.42.